The van der Waals surface area contributed by atoms with Crippen LogP contribution in [0.15, 0.2) is 63.5 Å². The highest BCUT2D eigenvalue weighted by atomic mass is 79.9. The summed E-state index contributed by atoms with van der Waals surface area (Å²) in [5, 5.41) is 15.7. The molecule has 0 amide bonds. The number of hydrogen-bond acceptors (Lipinski definition) is 4. The Morgan fingerprint density at radius 1 is 1.09 bits per heavy atom. The van der Waals surface area contributed by atoms with Gasteiger partial charge >= 0.3 is 5.97 Å². The minimum Gasteiger partial charge on any atom is -0.490 e. The van der Waals surface area contributed by atoms with Gasteiger partial charge in [-0.1, -0.05) is 47.1 Å². The van der Waals surface area contributed by atoms with Gasteiger partial charge in [-0.15, -0.1) is 0 Å². The van der Waals surface area contributed by atoms with Crippen molar-refractivity contribution in [2.45, 2.75) is 19.9 Å². The van der Waals surface area contributed by atoms with E-state index >= 15 is 4.39 Å². The van der Waals surface area contributed by atoms with Gasteiger partial charge in [0.05, 0.1) is 23.2 Å². The maximum Gasteiger partial charge on any atom is 0.335 e. The number of carboxylic acid groups (broad SMARTS) is 1. The average molecular weight is 592 g/mol. The van der Waals surface area contributed by atoms with Crippen molar-refractivity contribution in [3.63, 3.8) is 0 Å². The molecule has 1 aromatic heterocycles. The van der Waals surface area contributed by atoms with Gasteiger partial charge in [0.25, 0.3) is 0 Å². The zero-order valence-corrected chi connectivity index (χ0v) is 21.4. The number of nitrogens with zero attached hydrogens (tertiary/aromatic N) is 2. The maximum atomic E-state index is 15.2. The molecule has 0 fully saturated rings. The first-order valence-corrected chi connectivity index (χ1v) is 12.2. The Morgan fingerprint density at radius 2 is 1.91 bits per heavy atom. The predicted molar refractivity (Wildman–Crippen MR) is 135 cm³/mol. The van der Waals surface area contributed by atoms with Crippen LogP contribution in [0.5, 0.6) is 11.6 Å². The fraction of sp³-hybridized carbons (Fsp3) is 0.200. The molecule has 0 spiro atoms. The third-order valence-corrected chi connectivity index (χ3v) is 6.43. The van der Waals surface area contributed by atoms with Gasteiger partial charge in [0.15, 0.2) is 0 Å². The van der Waals surface area contributed by atoms with Gasteiger partial charge in [-0.25, -0.2) is 9.48 Å². The molecule has 0 saturated heterocycles. The molecule has 3 aromatic carbocycles. The van der Waals surface area contributed by atoms with E-state index in [1.54, 1.807) is 12.1 Å². The lowest BCUT2D eigenvalue weighted by Crippen LogP contribution is -2.12. The molecule has 9 heteroatoms. The van der Waals surface area contributed by atoms with Crippen molar-refractivity contribution in [2.75, 3.05) is 13.2 Å². The lowest BCUT2D eigenvalue weighted by molar-refractivity contribution is 0.0697. The van der Waals surface area contributed by atoms with E-state index in [-0.39, 0.29) is 30.3 Å². The van der Waals surface area contributed by atoms with Gasteiger partial charge in [0.1, 0.15) is 18.1 Å². The Bertz CT molecular complexity index is 1360. The van der Waals surface area contributed by atoms with Gasteiger partial charge in [0.2, 0.25) is 11.7 Å². The fourth-order valence-electron chi connectivity index (χ4n) is 3.49. The molecule has 176 valence electrons. The number of hydrogen-bond donors (Lipinski definition) is 1. The first-order valence-electron chi connectivity index (χ1n) is 10.6. The van der Waals surface area contributed by atoms with Crippen molar-refractivity contribution >= 4 is 48.6 Å². The Balaban J connectivity index is 1.58. The highest BCUT2D eigenvalue weighted by Crippen LogP contribution is 2.35. The highest BCUT2D eigenvalue weighted by Gasteiger charge is 2.22. The van der Waals surface area contributed by atoms with Crippen LogP contribution in [0.25, 0.3) is 22.0 Å². The molecule has 0 radical (unpaired) electrons. The second-order valence-corrected chi connectivity index (χ2v) is 9.23. The molecule has 0 saturated carbocycles. The first-order chi connectivity index (χ1) is 16.4. The standard InChI is InChI=1S/C25H21Br2FN2O4/c1-2-11-34-24-22(28)23(16-4-3-5-17(13-16)25(31)32)29-30(24)10-12-33-20-9-6-15-14-18(26)7-8-19(15)21(20)27/h3-9,13-14H,2,10-12H2,1H3,(H,31,32). The number of halogens is 3. The van der Waals surface area contributed by atoms with E-state index in [0.717, 1.165) is 19.7 Å². The van der Waals surface area contributed by atoms with Crippen LogP contribution in [0.2, 0.25) is 0 Å². The molecule has 0 aliphatic carbocycles. The van der Waals surface area contributed by atoms with Crippen molar-refractivity contribution in [2.24, 2.45) is 0 Å². The minimum absolute atomic E-state index is 0.00334. The van der Waals surface area contributed by atoms with Crippen LogP contribution in [0, 0.1) is 5.82 Å². The zero-order valence-electron chi connectivity index (χ0n) is 18.2. The van der Waals surface area contributed by atoms with Crippen molar-refractivity contribution in [3.8, 4) is 22.9 Å². The number of benzene rings is 3. The van der Waals surface area contributed by atoms with E-state index in [9.17, 15) is 9.90 Å². The molecule has 0 aliphatic heterocycles. The molecule has 1 heterocycles. The summed E-state index contributed by atoms with van der Waals surface area (Å²) in [7, 11) is 0. The number of ether oxygens (including phenoxy) is 2. The largest absolute Gasteiger partial charge is 0.490 e. The predicted octanol–water partition coefficient (Wildman–Crippen LogP) is 6.93. The van der Waals surface area contributed by atoms with Gasteiger partial charge in [-0.2, -0.15) is 9.49 Å². The van der Waals surface area contributed by atoms with Crippen molar-refractivity contribution in [1.29, 1.82) is 0 Å². The second kappa shape index (κ2) is 10.6. The Morgan fingerprint density at radius 3 is 2.68 bits per heavy atom. The second-order valence-electron chi connectivity index (χ2n) is 7.52. The summed E-state index contributed by atoms with van der Waals surface area (Å²) in [4.78, 5) is 11.3. The summed E-state index contributed by atoms with van der Waals surface area (Å²) < 4.78 is 30.1. The topological polar surface area (TPSA) is 73.6 Å². The number of carbonyl (C=O) groups is 1. The Hall–Kier alpha value is -2.91. The van der Waals surface area contributed by atoms with Crippen LogP contribution < -0.4 is 9.47 Å². The van der Waals surface area contributed by atoms with Gasteiger partial charge < -0.3 is 14.6 Å². The summed E-state index contributed by atoms with van der Waals surface area (Å²) in [6.07, 6.45) is 0.700. The molecule has 0 bridgehead atoms. The molecular formula is C25H21Br2FN2O4. The first kappa shape index (κ1) is 24.2. The average Bonchev–Trinajstić information content (AvgIpc) is 3.14. The van der Waals surface area contributed by atoms with Crippen molar-refractivity contribution in [3.05, 3.63) is 74.9 Å². The molecule has 0 atom stereocenters. The lowest BCUT2D eigenvalue weighted by atomic mass is 10.1. The molecule has 4 aromatic rings. The normalized spacial score (nSPS) is 11.1. The number of fused-ring (bicyclic) bond motifs is 1. The highest BCUT2D eigenvalue weighted by molar-refractivity contribution is 9.11. The zero-order chi connectivity index (χ0) is 24.2. The number of aromatic carboxylic acids is 1. The van der Waals surface area contributed by atoms with E-state index in [0.29, 0.717) is 24.3 Å². The van der Waals surface area contributed by atoms with E-state index in [1.165, 1.54) is 16.8 Å². The molecule has 0 unspecified atom stereocenters. The van der Waals surface area contributed by atoms with Crippen LogP contribution in [0.1, 0.15) is 23.7 Å². The molecule has 34 heavy (non-hydrogen) atoms. The van der Waals surface area contributed by atoms with Gasteiger partial charge in [-0.05, 0) is 63.5 Å². The van der Waals surface area contributed by atoms with Gasteiger partial charge in [0, 0.05) is 10.0 Å². The number of rotatable bonds is 9. The van der Waals surface area contributed by atoms with Crippen LogP contribution >= 0.6 is 31.9 Å². The van der Waals surface area contributed by atoms with E-state index < -0.39 is 11.8 Å². The van der Waals surface area contributed by atoms with E-state index in [4.69, 9.17) is 9.47 Å². The molecule has 1 N–H and O–H groups in total. The maximum absolute atomic E-state index is 15.2. The van der Waals surface area contributed by atoms with Crippen LogP contribution in [-0.2, 0) is 6.54 Å². The van der Waals surface area contributed by atoms with Crippen molar-refractivity contribution in [1.82, 2.24) is 9.78 Å². The lowest BCUT2D eigenvalue weighted by Gasteiger charge is -2.12. The Kier molecular flexibility index (Phi) is 7.53. The summed E-state index contributed by atoms with van der Waals surface area (Å²) in [6, 6.07) is 15.8. The Labute approximate surface area is 212 Å². The summed E-state index contributed by atoms with van der Waals surface area (Å²) in [5.74, 6) is -1.06. The SMILES string of the molecule is CCCOc1c(F)c(-c2cccc(C(=O)O)c2)nn1CCOc1ccc2cc(Br)ccc2c1Br. The minimum atomic E-state index is -1.09. The summed E-state index contributed by atoms with van der Waals surface area (Å²) in [5.41, 5.74) is 0.451. The number of carboxylic acids is 1. The van der Waals surface area contributed by atoms with Crippen LogP contribution in [-0.4, -0.2) is 34.1 Å². The number of aromatic nitrogens is 2. The summed E-state index contributed by atoms with van der Waals surface area (Å²) in [6.45, 7) is 2.71. The van der Waals surface area contributed by atoms with Gasteiger partial charge in [-0.3, -0.25) is 0 Å². The smallest absolute Gasteiger partial charge is 0.335 e. The van der Waals surface area contributed by atoms with E-state index in [1.807, 2.05) is 37.3 Å². The molecule has 0 aliphatic rings. The fourth-order valence-corrected chi connectivity index (χ4v) is 4.48. The molecule has 4 rings (SSSR count). The van der Waals surface area contributed by atoms with Crippen molar-refractivity contribution < 1.29 is 23.8 Å². The van der Waals surface area contributed by atoms with E-state index in [2.05, 4.69) is 37.0 Å². The monoisotopic (exact) mass is 590 g/mol. The third-order valence-electron chi connectivity index (χ3n) is 5.12. The molecule has 6 nitrogen and oxygen atoms in total. The van der Waals surface area contributed by atoms with Crippen LogP contribution in [0.4, 0.5) is 4.39 Å². The molecular weight excluding hydrogens is 571 g/mol. The third kappa shape index (κ3) is 5.10. The summed E-state index contributed by atoms with van der Waals surface area (Å²) >= 11 is 7.09. The quantitative estimate of drug-likeness (QED) is 0.228. The van der Waals surface area contributed by atoms with Crippen LogP contribution in [0.3, 0.4) is 0 Å².